The van der Waals surface area contributed by atoms with E-state index in [0.29, 0.717) is 18.3 Å². The largest absolute Gasteiger partial charge is 0.461 e. The summed E-state index contributed by atoms with van der Waals surface area (Å²) in [4.78, 5) is 17.5. The van der Waals surface area contributed by atoms with Gasteiger partial charge in [-0.15, -0.1) is 0 Å². The molecule has 0 radical (unpaired) electrons. The van der Waals surface area contributed by atoms with E-state index < -0.39 is 5.97 Å². The molecule has 0 bridgehead atoms. The van der Waals surface area contributed by atoms with Crippen molar-refractivity contribution in [2.24, 2.45) is 10.7 Å². The van der Waals surface area contributed by atoms with Crippen LogP contribution in [0.5, 0.6) is 0 Å². The van der Waals surface area contributed by atoms with Gasteiger partial charge in [0.05, 0.1) is 32.5 Å². The van der Waals surface area contributed by atoms with Gasteiger partial charge in [0.25, 0.3) is 0 Å². The molecule has 2 unspecified atom stereocenters. The minimum atomic E-state index is -0.450. The molecule has 25 heavy (non-hydrogen) atoms. The molecule has 0 aromatic rings. The van der Waals surface area contributed by atoms with Crippen LogP contribution in [0.15, 0.2) is 29.7 Å². The molecule has 0 aromatic heterocycles. The minimum absolute atomic E-state index is 0.0370. The van der Waals surface area contributed by atoms with E-state index in [0.717, 1.165) is 12.8 Å². The van der Waals surface area contributed by atoms with Gasteiger partial charge in [-0.05, 0) is 18.9 Å². The van der Waals surface area contributed by atoms with Gasteiger partial charge in [-0.2, -0.15) is 0 Å². The molecule has 9 nitrogen and oxygen atoms in total. The van der Waals surface area contributed by atoms with Crippen LogP contribution in [0.4, 0.5) is 0 Å². The van der Waals surface area contributed by atoms with Crippen molar-refractivity contribution in [1.29, 1.82) is 0 Å². The van der Waals surface area contributed by atoms with E-state index in [1.54, 1.807) is 12.3 Å². The Kier molecular flexibility index (Phi) is 7.86. The number of esters is 1. The van der Waals surface area contributed by atoms with Gasteiger partial charge in [0.1, 0.15) is 31.1 Å². The van der Waals surface area contributed by atoms with Crippen LogP contribution in [0, 0.1) is 0 Å². The molecule has 9 heteroatoms. The zero-order valence-corrected chi connectivity index (χ0v) is 14.1. The van der Waals surface area contributed by atoms with Gasteiger partial charge >= 0.3 is 5.97 Å². The first-order chi connectivity index (χ1) is 12.1. The van der Waals surface area contributed by atoms with E-state index in [-0.39, 0.29) is 45.4 Å². The Morgan fingerprint density at radius 3 is 2.96 bits per heavy atom. The monoisotopic (exact) mass is 355 g/mol. The smallest absolute Gasteiger partial charge is 0.332 e. The average Bonchev–Trinajstić information content (AvgIpc) is 3.05. The molecule has 0 amide bonds. The van der Waals surface area contributed by atoms with E-state index >= 15 is 0 Å². The van der Waals surface area contributed by atoms with Crippen LogP contribution in [0.25, 0.3) is 0 Å². The van der Waals surface area contributed by atoms with Crippen molar-refractivity contribution in [3.05, 3.63) is 24.7 Å². The standard InChI is InChI=1S/C16H25N3O6/c1-12-18-14(17)4-5-19(12)15-3-2-13(25-15)10-24-16(21)11-23-9-8-22-7-6-20/h4-5,13,15,20H,1-3,6-11H2,(H2,17,18). The van der Waals surface area contributed by atoms with Crippen molar-refractivity contribution in [3.63, 3.8) is 0 Å². The van der Waals surface area contributed by atoms with Gasteiger partial charge in [0, 0.05) is 6.20 Å². The van der Waals surface area contributed by atoms with Gasteiger partial charge in [-0.3, -0.25) is 0 Å². The number of aliphatic hydroxyl groups excluding tert-OH is 1. The second kappa shape index (κ2) is 10.1. The first-order valence-corrected chi connectivity index (χ1v) is 8.17. The minimum Gasteiger partial charge on any atom is -0.461 e. The first kappa shape index (κ1) is 19.4. The predicted molar refractivity (Wildman–Crippen MR) is 89.3 cm³/mol. The Morgan fingerprint density at radius 1 is 1.40 bits per heavy atom. The highest BCUT2D eigenvalue weighted by Gasteiger charge is 2.31. The third-order valence-electron chi connectivity index (χ3n) is 3.62. The molecule has 140 valence electrons. The third kappa shape index (κ3) is 6.46. The van der Waals surface area contributed by atoms with Crippen molar-refractivity contribution in [1.82, 2.24) is 4.90 Å². The van der Waals surface area contributed by atoms with Crippen LogP contribution in [-0.4, -0.2) is 73.8 Å². The van der Waals surface area contributed by atoms with Gasteiger partial charge in [-0.25, -0.2) is 9.79 Å². The Morgan fingerprint density at radius 2 is 2.20 bits per heavy atom. The topological polar surface area (TPSA) is 116 Å². The summed E-state index contributed by atoms with van der Waals surface area (Å²) in [5.74, 6) is 0.486. The fraction of sp³-hybridized carbons (Fsp3) is 0.625. The molecule has 2 aliphatic rings. The van der Waals surface area contributed by atoms with Gasteiger partial charge in [-0.1, -0.05) is 6.58 Å². The molecule has 0 aromatic carbocycles. The molecule has 3 N–H and O–H groups in total. The predicted octanol–water partition coefficient (Wildman–Crippen LogP) is -0.282. The summed E-state index contributed by atoms with van der Waals surface area (Å²) in [5.41, 5.74) is 5.61. The number of amidine groups is 1. The molecule has 2 atom stereocenters. The highest BCUT2D eigenvalue weighted by atomic mass is 16.6. The number of carbonyl (C=O) groups is 1. The van der Waals surface area contributed by atoms with Crippen LogP contribution in [-0.2, 0) is 23.7 Å². The normalized spacial score (nSPS) is 23.0. The highest BCUT2D eigenvalue weighted by molar-refractivity contribution is 5.92. The SMILES string of the molecule is C=C1N=C(N)C=CN1C1CCC(COC(=O)COCCOCCO)O1. The second-order valence-corrected chi connectivity index (χ2v) is 5.54. The summed E-state index contributed by atoms with van der Waals surface area (Å²) < 4.78 is 21.2. The average molecular weight is 355 g/mol. The summed E-state index contributed by atoms with van der Waals surface area (Å²) in [7, 11) is 0. The van der Waals surface area contributed by atoms with Crippen molar-refractivity contribution < 1.29 is 28.8 Å². The van der Waals surface area contributed by atoms with Crippen LogP contribution < -0.4 is 5.73 Å². The molecule has 1 fully saturated rings. The number of aliphatic imine (C=N–C) groups is 1. The maximum atomic E-state index is 11.6. The van der Waals surface area contributed by atoms with Gasteiger partial charge in [0.2, 0.25) is 0 Å². The Labute approximate surface area is 146 Å². The number of nitrogens with two attached hydrogens (primary N) is 1. The Hall–Kier alpha value is -1.94. The summed E-state index contributed by atoms with van der Waals surface area (Å²) in [5, 5.41) is 8.54. The highest BCUT2D eigenvalue weighted by Crippen LogP contribution is 2.27. The fourth-order valence-corrected chi connectivity index (χ4v) is 2.43. The van der Waals surface area contributed by atoms with Crippen LogP contribution in [0.1, 0.15) is 12.8 Å². The molecule has 2 aliphatic heterocycles. The maximum absolute atomic E-state index is 11.6. The summed E-state index contributed by atoms with van der Waals surface area (Å²) in [6.07, 6.45) is 4.66. The molecule has 0 spiro atoms. The Balaban J connectivity index is 1.59. The quantitative estimate of drug-likeness (QED) is 0.406. The third-order valence-corrected chi connectivity index (χ3v) is 3.62. The van der Waals surface area contributed by atoms with E-state index in [9.17, 15) is 4.79 Å². The number of ether oxygens (including phenoxy) is 4. The first-order valence-electron chi connectivity index (χ1n) is 8.17. The fourth-order valence-electron chi connectivity index (χ4n) is 2.43. The maximum Gasteiger partial charge on any atom is 0.332 e. The number of hydrogen-bond acceptors (Lipinski definition) is 9. The number of carbonyl (C=O) groups excluding carboxylic acids is 1. The van der Waals surface area contributed by atoms with Gasteiger partial charge < -0.3 is 34.7 Å². The van der Waals surface area contributed by atoms with Crippen molar-refractivity contribution in [2.45, 2.75) is 25.2 Å². The van der Waals surface area contributed by atoms with Crippen molar-refractivity contribution in [3.8, 4) is 0 Å². The summed E-state index contributed by atoms with van der Waals surface area (Å²) in [6, 6.07) is 0. The lowest BCUT2D eigenvalue weighted by Gasteiger charge is -2.28. The number of hydrogen-bond donors (Lipinski definition) is 2. The second-order valence-electron chi connectivity index (χ2n) is 5.54. The van der Waals surface area contributed by atoms with Crippen LogP contribution >= 0.6 is 0 Å². The molecular weight excluding hydrogens is 330 g/mol. The lowest BCUT2D eigenvalue weighted by atomic mass is 10.2. The number of aliphatic hydroxyl groups is 1. The van der Waals surface area contributed by atoms with Crippen LogP contribution in [0.3, 0.4) is 0 Å². The summed E-state index contributed by atoms with van der Waals surface area (Å²) >= 11 is 0. The number of rotatable bonds is 10. The zero-order chi connectivity index (χ0) is 18.1. The number of nitrogens with zero attached hydrogens (tertiary/aromatic N) is 2. The van der Waals surface area contributed by atoms with Crippen molar-refractivity contribution >= 4 is 11.8 Å². The molecule has 2 heterocycles. The molecule has 0 saturated carbocycles. The summed E-state index contributed by atoms with van der Waals surface area (Å²) in [6.45, 7) is 4.69. The molecule has 2 rings (SSSR count). The van der Waals surface area contributed by atoms with E-state index in [4.69, 9.17) is 29.8 Å². The van der Waals surface area contributed by atoms with E-state index in [1.807, 2.05) is 4.90 Å². The van der Waals surface area contributed by atoms with Crippen LogP contribution in [0.2, 0.25) is 0 Å². The molecular formula is C16H25N3O6. The molecule has 1 saturated heterocycles. The lowest BCUT2D eigenvalue weighted by Crippen LogP contribution is -2.33. The van der Waals surface area contributed by atoms with Crippen molar-refractivity contribution in [2.75, 3.05) is 39.6 Å². The Bertz CT molecular complexity index is 522. The van der Waals surface area contributed by atoms with E-state index in [1.165, 1.54) is 0 Å². The zero-order valence-electron chi connectivity index (χ0n) is 14.1. The molecule has 0 aliphatic carbocycles. The lowest BCUT2D eigenvalue weighted by molar-refractivity contribution is -0.154. The van der Waals surface area contributed by atoms with E-state index in [2.05, 4.69) is 11.6 Å². The van der Waals surface area contributed by atoms with Gasteiger partial charge in [0.15, 0.2) is 0 Å².